The van der Waals surface area contributed by atoms with Gasteiger partial charge in [-0.3, -0.25) is 4.90 Å². The van der Waals surface area contributed by atoms with Crippen molar-refractivity contribution in [3.63, 3.8) is 0 Å². The maximum Gasteiger partial charge on any atom is 0.119 e. The second-order valence-electron chi connectivity index (χ2n) is 5.71. The average molecular weight is 282 g/mol. The van der Waals surface area contributed by atoms with E-state index in [1.165, 1.54) is 11.1 Å². The minimum Gasteiger partial charge on any atom is -0.497 e. The van der Waals surface area contributed by atoms with Gasteiger partial charge in [-0.15, -0.1) is 0 Å². The minimum absolute atomic E-state index is 0.379. The highest BCUT2D eigenvalue weighted by molar-refractivity contribution is 5.51. The third kappa shape index (κ3) is 2.74. The van der Waals surface area contributed by atoms with Crippen LogP contribution >= 0.6 is 0 Å². The topological polar surface area (TPSA) is 38.5 Å². The molecule has 1 heterocycles. The molecule has 1 aliphatic heterocycles. The van der Waals surface area contributed by atoms with Crippen LogP contribution in [-0.4, -0.2) is 25.6 Å². The van der Waals surface area contributed by atoms with Crippen molar-refractivity contribution in [3.8, 4) is 5.75 Å². The molecule has 3 nitrogen and oxygen atoms in total. The summed E-state index contributed by atoms with van der Waals surface area (Å²) in [5.74, 6) is 0.867. The van der Waals surface area contributed by atoms with Gasteiger partial charge < -0.3 is 10.5 Å². The molecule has 2 aromatic rings. The summed E-state index contributed by atoms with van der Waals surface area (Å²) >= 11 is 0. The van der Waals surface area contributed by atoms with E-state index in [9.17, 15) is 0 Å². The van der Waals surface area contributed by atoms with Crippen molar-refractivity contribution in [2.75, 3.05) is 26.4 Å². The molecule has 0 aliphatic carbocycles. The number of fused-ring (bicyclic) bond motifs is 1. The summed E-state index contributed by atoms with van der Waals surface area (Å²) in [7, 11) is 3.88. The van der Waals surface area contributed by atoms with E-state index in [-0.39, 0.29) is 0 Å². The molecule has 0 saturated heterocycles. The van der Waals surface area contributed by atoms with Crippen LogP contribution in [0.4, 0.5) is 5.69 Å². The number of hydrogen-bond acceptors (Lipinski definition) is 3. The number of ether oxygens (including phenoxy) is 1. The lowest BCUT2D eigenvalue weighted by Crippen LogP contribution is -2.33. The Bertz CT molecular complexity index is 639. The summed E-state index contributed by atoms with van der Waals surface area (Å²) < 4.78 is 5.33. The van der Waals surface area contributed by atoms with Crippen LogP contribution in [0.3, 0.4) is 0 Å². The number of anilines is 1. The molecule has 0 radical (unpaired) electrons. The van der Waals surface area contributed by atoms with Gasteiger partial charge in [0.25, 0.3) is 0 Å². The molecular formula is C18H22N2O. The summed E-state index contributed by atoms with van der Waals surface area (Å²) in [6.45, 7) is 1.09. The monoisotopic (exact) mass is 282 g/mol. The van der Waals surface area contributed by atoms with Crippen LogP contribution in [0.1, 0.15) is 22.7 Å². The molecule has 1 aliphatic rings. The largest absolute Gasteiger partial charge is 0.497 e. The predicted octanol–water partition coefficient (Wildman–Crippen LogP) is 3.05. The van der Waals surface area contributed by atoms with E-state index < -0.39 is 0 Å². The first-order valence-electron chi connectivity index (χ1n) is 7.39. The summed E-state index contributed by atoms with van der Waals surface area (Å²) in [5, 5.41) is 0. The highest BCUT2D eigenvalue weighted by Crippen LogP contribution is 2.33. The van der Waals surface area contributed by atoms with Gasteiger partial charge in [0.15, 0.2) is 0 Å². The highest BCUT2D eigenvalue weighted by Gasteiger charge is 2.25. The fourth-order valence-corrected chi connectivity index (χ4v) is 3.14. The first-order valence-corrected chi connectivity index (χ1v) is 7.39. The van der Waals surface area contributed by atoms with Gasteiger partial charge in [-0.2, -0.15) is 0 Å². The van der Waals surface area contributed by atoms with Crippen LogP contribution in [0.25, 0.3) is 0 Å². The number of hydrogen-bond donors (Lipinski definition) is 1. The third-order valence-corrected chi connectivity index (χ3v) is 4.44. The van der Waals surface area contributed by atoms with Crippen LogP contribution in [0.5, 0.6) is 5.75 Å². The van der Waals surface area contributed by atoms with E-state index in [0.29, 0.717) is 6.04 Å². The number of methoxy groups -OCH3 is 1. The Morgan fingerprint density at radius 2 is 2.05 bits per heavy atom. The van der Waals surface area contributed by atoms with E-state index in [1.54, 1.807) is 7.11 Å². The zero-order chi connectivity index (χ0) is 14.8. The van der Waals surface area contributed by atoms with Gasteiger partial charge in [0.2, 0.25) is 0 Å². The molecule has 1 atom stereocenters. The summed E-state index contributed by atoms with van der Waals surface area (Å²) in [6, 6.07) is 15.0. The molecule has 0 saturated carbocycles. The van der Waals surface area contributed by atoms with Crippen molar-refractivity contribution >= 4 is 5.69 Å². The Balaban J connectivity index is 1.94. The van der Waals surface area contributed by atoms with E-state index in [0.717, 1.165) is 36.4 Å². The van der Waals surface area contributed by atoms with Gasteiger partial charge in [-0.1, -0.05) is 24.3 Å². The van der Waals surface area contributed by atoms with Crippen molar-refractivity contribution in [3.05, 3.63) is 59.2 Å². The number of benzene rings is 2. The first-order chi connectivity index (χ1) is 10.2. The summed E-state index contributed by atoms with van der Waals surface area (Å²) in [6.07, 6.45) is 2.04. The molecule has 110 valence electrons. The Morgan fingerprint density at radius 1 is 1.24 bits per heavy atom. The number of nitrogen functional groups attached to an aromatic ring is 1. The molecule has 0 aromatic heterocycles. The van der Waals surface area contributed by atoms with E-state index in [4.69, 9.17) is 10.5 Å². The lowest BCUT2D eigenvalue weighted by atomic mass is 9.89. The van der Waals surface area contributed by atoms with Crippen molar-refractivity contribution in [2.24, 2.45) is 0 Å². The van der Waals surface area contributed by atoms with Crippen molar-refractivity contribution in [2.45, 2.75) is 18.9 Å². The minimum atomic E-state index is 0.379. The zero-order valence-corrected chi connectivity index (χ0v) is 12.7. The van der Waals surface area contributed by atoms with Crippen LogP contribution in [-0.2, 0) is 12.8 Å². The molecule has 21 heavy (non-hydrogen) atoms. The second kappa shape index (κ2) is 5.78. The third-order valence-electron chi connectivity index (χ3n) is 4.44. The quantitative estimate of drug-likeness (QED) is 0.879. The molecule has 2 aromatic carbocycles. The van der Waals surface area contributed by atoms with Gasteiger partial charge in [0, 0.05) is 18.3 Å². The Kier molecular flexibility index (Phi) is 3.84. The second-order valence-corrected chi connectivity index (χ2v) is 5.71. The normalized spacial score (nSPS) is 18.3. The van der Waals surface area contributed by atoms with E-state index >= 15 is 0 Å². The van der Waals surface area contributed by atoms with Crippen molar-refractivity contribution in [1.29, 1.82) is 0 Å². The highest BCUT2D eigenvalue weighted by atomic mass is 16.5. The summed E-state index contributed by atoms with van der Waals surface area (Å²) in [5.41, 5.74) is 11.0. The lowest BCUT2D eigenvalue weighted by Gasteiger charge is -2.35. The van der Waals surface area contributed by atoms with E-state index in [1.807, 2.05) is 12.1 Å². The number of nitrogens with zero attached hydrogens (tertiary/aromatic N) is 1. The molecule has 3 heteroatoms. The Morgan fingerprint density at radius 3 is 2.86 bits per heavy atom. The van der Waals surface area contributed by atoms with Crippen LogP contribution in [0.2, 0.25) is 0 Å². The van der Waals surface area contributed by atoms with Gasteiger partial charge in [0.1, 0.15) is 5.75 Å². The molecular weight excluding hydrogens is 260 g/mol. The molecule has 3 rings (SSSR count). The fourth-order valence-electron chi connectivity index (χ4n) is 3.14. The maximum absolute atomic E-state index is 6.15. The fraction of sp³-hybridized carbons (Fsp3) is 0.333. The van der Waals surface area contributed by atoms with E-state index in [2.05, 4.69) is 42.3 Å². The van der Waals surface area contributed by atoms with Gasteiger partial charge in [0.05, 0.1) is 7.11 Å². The number of nitrogens with two attached hydrogens (primary N) is 1. The molecule has 0 amide bonds. The van der Waals surface area contributed by atoms with Crippen molar-refractivity contribution in [1.82, 2.24) is 4.90 Å². The first kappa shape index (κ1) is 14.0. The van der Waals surface area contributed by atoms with Crippen LogP contribution in [0.15, 0.2) is 42.5 Å². The smallest absolute Gasteiger partial charge is 0.119 e. The molecule has 0 bridgehead atoms. The van der Waals surface area contributed by atoms with Crippen molar-refractivity contribution < 1.29 is 4.74 Å². The number of likely N-dealkylation sites (N-methyl/N-ethyl adjacent to an activating group) is 1. The lowest BCUT2D eigenvalue weighted by molar-refractivity contribution is 0.229. The zero-order valence-electron chi connectivity index (χ0n) is 12.7. The predicted molar refractivity (Wildman–Crippen MR) is 86.6 cm³/mol. The van der Waals surface area contributed by atoms with Crippen LogP contribution in [0, 0.1) is 0 Å². The molecule has 0 fully saturated rings. The maximum atomic E-state index is 6.15. The van der Waals surface area contributed by atoms with Gasteiger partial charge in [-0.05, 0) is 54.8 Å². The van der Waals surface area contributed by atoms with Gasteiger partial charge >= 0.3 is 0 Å². The summed E-state index contributed by atoms with van der Waals surface area (Å²) in [4.78, 5) is 2.42. The molecule has 2 N–H and O–H groups in total. The van der Waals surface area contributed by atoms with Gasteiger partial charge in [-0.25, -0.2) is 0 Å². The Hall–Kier alpha value is -2.00. The Labute approximate surface area is 126 Å². The number of rotatable bonds is 3. The molecule has 0 spiro atoms. The average Bonchev–Trinajstić information content (AvgIpc) is 2.52. The SMILES string of the molecule is COc1ccc(N)c(CC2c3ccccc3CCN2C)c1. The standard InChI is InChI=1S/C18H22N2O/c1-20-10-9-13-5-3-4-6-16(13)18(20)12-14-11-15(21-2)7-8-17(14)19/h3-8,11,18H,9-10,12,19H2,1-2H3. The van der Waals surface area contributed by atoms with Crippen LogP contribution < -0.4 is 10.5 Å². The molecule has 1 unspecified atom stereocenters.